The van der Waals surface area contributed by atoms with Crippen LogP contribution in [-0.4, -0.2) is 35.8 Å². The lowest BCUT2D eigenvalue weighted by molar-refractivity contribution is -0.182. The van der Waals surface area contributed by atoms with Crippen molar-refractivity contribution >= 4 is 5.91 Å². The van der Waals surface area contributed by atoms with Crippen LogP contribution in [0, 0.1) is 40.4 Å². The average Bonchev–Trinajstić information content (AvgIpc) is 2.98. The largest absolute Gasteiger partial charge is 0.390 e. The molecule has 4 saturated carbocycles. The molecule has 0 aliphatic heterocycles. The Bertz CT molecular complexity index is 604. The Kier molecular flexibility index (Phi) is 4.71. The summed E-state index contributed by atoms with van der Waals surface area (Å²) in [6.07, 6.45) is 10.3. The maximum atomic E-state index is 12.9. The van der Waals surface area contributed by atoms with Gasteiger partial charge in [-0.05, 0) is 99.2 Å². The van der Waals surface area contributed by atoms with Gasteiger partial charge in [0.15, 0.2) is 0 Å². The van der Waals surface area contributed by atoms with Gasteiger partial charge in [0, 0.05) is 13.0 Å². The van der Waals surface area contributed by atoms with Gasteiger partial charge in [0.05, 0.1) is 12.7 Å². The quantitative estimate of drug-likeness (QED) is 0.725. The normalized spacial score (nSPS) is 51.9. The molecule has 1 N–H and O–H groups in total. The first-order valence-corrected chi connectivity index (χ1v) is 11.2. The van der Waals surface area contributed by atoms with Crippen molar-refractivity contribution in [2.45, 2.75) is 84.2 Å². The third kappa shape index (κ3) is 2.88. The molecule has 4 fully saturated rings. The Morgan fingerprint density at radius 1 is 0.963 bits per heavy atom. The Morgan fingerprint density at radius 2 is 1.67 bits per heavy atom. The fraction of sp³-hybridized carbons (Fsp3) is 0.957. The fourth-order valence-corrected chi connectivity index (χ4v) is 8.15. The summed E-state index contributed by atoms with van der Waals surface area (Å²) in [4.78, 5) is 18.2. The number of fused-ring (bicyclic) bond motifs is 5. The summed E-state index contributed by atoms with van der Waals surface area (Å²) < 4.78 is 0. The maximum absolute atomic E-state index is 12.9. The van der Waals surface area contributed by atoms with Crippen LogP contribution in [0.2, 0.25) is 0 Å². The molecule has 4 aliphatic rings. The van der Waals surface area contributed by atoms with Crippen molar-refractivity contribution in [1.29, 1.82) is 0 Å². The fourth-order valence-electron chi connectivity index (χ4n) is 8.15. The van der Waals surface area contributed by atoms with E-state index in [4.69, 9.17) is 4.84 Å². The van der Waals surface area contributed by atoms with Crippen LogP contribution in [-0.2, 0) is 9.63 Å². The summed E-state index contributed by atoms with van der Waals surface area (Å²) in [6, 6.07) is 0. The van der Waals surface area contributed by atoms with Gasteiger partial charge < -0.3 is 5.11 Å². The number of rotatable bonds is 2. The van der Waals surface area contributed by atoms with Crippen LogP contribution in [0.5, 0.6) is 0 Å². The van der Waals surface area contributed by atoms with E-state index in [0.29, 0.717) is 17.3 Å². The lowest BCUT2D eigenvalue weighted by Crippen LogP contribution is -2.56. The Labute approximate surface area is 165 Å². The topological polar surface area (TPSA) is 49.8 Å². The third-order valence-corrected chi connectivity index (χ3v) is 9.84. The number of aliphatic hydroxyl groups is 1. The second-order valence-electron chi connectivity index (χ2n) is 11.1. The van der Waals surface area contributed by atoms with Gasteiger partial charge in [-0.25, -0.2) is 5.06 Å². The summed E-state index contributed by atoms with van der Waals surface area (Å²) in [5.74, 6) is 3.18. The molecule has 0 heterocycles. The predicted octanol–water partition coefficient (Wildman–Crippen LogP) is 4.42. The molecule has 0 aromatic rings. The van der Waals surface area contributed by atoms with E-state index in [0.717, 1.165) is 31.1 Å². The van der Waals surface area contributed by atoms with Gasteiger partial charge in [-0.3, -0.25) is 9.63 Å². The van der Waals surface area contributed by atoms with Crippen molar-refractivity contribution in [3.8, 4) is 0 Å². The van der Waals surface area contributed by atoms with Gasteiger partial charge in [-0.15, -0.1) is 0 Å². The molecule has 0 spiro atoms. The van der Waals surface area contributed by atoms with Crippen molar-refractivity contribution < 1.29 is 14.7 Å². The van der Waals surface area contributed by atoms with Crippen LogP contribution >= 0.6 is 0 Å². The van der Waals surface area contributed by atoms with E-state index < -0.39 is 5.60 Å². The minimum Gasteiger partial charge on any atom is -0.390 e. The van der Waals surface area contributed by atoms with Crippen LogP contribution in [0.1, 0.15) is 78.6 Å². The van der Waals surface area contributed by atoms with Crippen LogP contribution in [0.4, 0.5) is 0 Å². The minimum absolute atomic E-state index is 0.117. The summed E-state index contributed by atoms with van der Waals surface area (Å²) in [5, 5.41) is 12.1. The Hall–Kier alpha value is -0.610. The zero-order valence-corrected chi connectivity index (χ0v) is 18.0. The number of hydroxylamine groups is 2. The third-order valence-electron chi connectivity index (χ3n) is 9.84. The van der Waals surface area contributed by atoms with Gasteiger partial charge in [-0.2, -0.15) is 0 Å². The smallest absolute Gasteiger partial charge is 0.249 e. The molecule has 0 aromatic carbocycles. The first-order chi connectivity index (χ1) is 12.6. The molecule has 0 bridgehead atoms. The summed E-state index contributed by atoms with van der Waals surface area (Å²) >= 11 is 0. The highest BCUT2D eigenvalue weighted by Crippen LogP contribution is 2.68. The van der Waals surface area contributed by atoms with Gasteiger partial charge in [0.2, 0.25) is 5.91 Å². The molecule has 4 nitrogen and oxygen atoms in total. The second kappa shape index (κ2) is 6.45. The summed E-state index contributed by atoms with van der Waals surface area (Å²) in [6.45, 7) is 6.96. The molecule has 0 saturated heterocycles. The van der Waals surface area contributed by atoms with Crippen molar-refractivity contribution in [1.82, 2.24) is 5.06 Å². The number of hydrogen-bond acceptors (Lipinski definition) is 3. The molecule has 0 radical (unpaired) electrons. The van der Waals surface area contributed by atoms with E-state index in [-0.39, 0.29) is 17.2 Å². The molecule has 1 amide bonds. The molecule has 27 heavy (non-hydrogen) atoms. The summed E-state index contributed by atoms with van der Waals surface area (Å²) in [7, 11) is 3.34. The van der Waals surface area contributed by atoms with Gasteiger partial charge >= 0.3 is 0 Å². The van der Waals surface area contributed by atoms with Crippen molar-refractivity contribution in [3.63, 3.8) is 0 Å². The monoisotopic (exact) mass is 377 g/mol. The standard InChI is InChI=1S/C23H39NO3/c1-21(26)12-13-22(2)15(14-21)6-7-16-17-8-9-19(20(25)24(4)27-5)23(17,3)11-10-18(16)22/h15-19,26H,6-14H2,1-5H3/t15-,16+,17+,18+,19-,21-,22?,23+/m1/s1. The van der Waals surface area contributed by atoms with E-state index in [2.05, 4.69) is 13.8 Å². The molecule has 0 aromatic heterocycles. The van der Waals surface area contributed by atoms with Crippen molar-refractivity contribution in [2.24, 2.45) is 40.4 Å². The lowest BCUT2D eigenvalue weighted by atomic mass is 9.44. The highest BCUT2D eigenvalue weighted by Gasteiger charge is 2.62. The highest BCUT2D eigenvalue weighted by molar-refractivity contribution is 5.79. The molecule has 154 valence electrons. The van der Waals surface area contributed by atoms with E-state index in [1.165, 1.54) is 43.6 Å². The SMILES string of the molecule is CON(C)C(=O)[C@H]1CC[C@H]2[C@@H]3CC[C@@H]4C[C@](C)(O)CCC4(C)[C@H]3CC[C@]12C. The zero-order valence-electron chi connectivity index (χ0n) is 18.0. The minimum atomic E-state index is -0.462. The number of carbonyl (C=O) groups excluding carboxylic acids is 1. The summed E-state index contributed by atoms with van der Waals surface area (Å²) in [5.41, 5.74) is 0.0576. The van der Waals surface area contributed by atoms with E-state index in [1.54, 1.807) is 14.2 Å². The lowest BCUT2D eigenvalue weighted by Gasteiger charge is -2.61. The molecular formula is C23H39NO3. The molecule has 4 aliphatic carbocycles. The molecule has 8 atom stereocenters. The van der Waals surface area contributed by atoms with Gasteiger partial charge in [0.25, 0.3) is 0 Å². The Morgan fingerprint density at radius 3 is 2.37 bits per heavy atom. The van der Waals surface area contributed by atoms with Crippen molar-refractivity contribution in [3.05, 3.63) is 0 Å². The van der Waals surface area contributed by atoms with Crippen molar-refractivity contribution in [2.75, 3.05) is 14.2 Å². The first kappa shape index (κ1) is 19.7. The Balaban J connectivity index is 1.57. The number of carbonyl (C=O) groups is 1. The van der Waals surface area contributed by atoms with E-state index in [1.807, 2.05) is 6.92 Å². The number of amides is 1. The zero-order chi connectivity index (χ0) is 19.6. The molecular weight excluding hydrogens is 338 g/mol. The maximum Gasteiger partial charge on any atom is 0.249 e. The number of hydrogen-bond donors (Lipinski definition) is 1. The van der Waals surface area contributed by atoms with E-state index >= 15 is 0 Å². The number of nitrogens with zero attached hydrogens (tertiary/aromatic N) is 1. The van der Waals surface area contributed by atoms with E-state index in [9.17, 15) is 9.90 Å². The molecule has 4 heteroatoms. The van der Waals surface area contributed by atoms with Gasteiger partial charge in [-0.1, -0.05) is 13.8 Å². The highest BCUT2D eigenvalue weighted by atomic mass is 16.7. The first-order valence-electron chi connectivity index (χ1n) is 11.2. The van der Waals surface area contributed by atoms with Crippen LogP contribution in [0.15, 0.2) is 0 Å². The second-order valence-corrected chi connectivity index (χ2v) is 11.1. The molecule has 4 rings (SSSR count). The van der Waals surface area contributed by atoms with Crippen LogP contribution in [0.25, 0.3) is 0 Å². The van der Waals surface area contributed by atoms with Gasteiger partial charge in [0.1, 0.15) is 0 Å². The molecule has 1 unspecified atom stereocenters. The van der Waals surface area contributed by atoms with Crippen LogP contribution < -0.4 is 0 Å². The predicted molar refractivity (Wildman–Crippen MR) is 106 cm³/mol. The average molecular weight is 378 g/mol. The van der Waals surface area contributed by atoms with Crippen LogP contribution in [0.3, 0.4) is 0 Å².